The highest BCUT2D eigenvalue weighted by Gasteiger charge is 2.15. The van der Waals surface area contributed by atoms with E-state index in [2.05, 4.69) is 46.5 Å². The molecule has 4 nitrogen and oxygen atoms in total. The van der Waals surface area contributed by atoms with Crippen LogP contribution < -0.4 is 5.32 Å². The first kappa shape index (κ1) is 15.2. The zero-order chi connectivity index (χ0) is 16.5. The smallest absolute Gasteiger partial charge is 0.145 e. The van der Waals surface area contributed by atoms with Crippen LogP contribution >= 0.6 is 0 Å². The molecule has 1 fully saturated rings. The van der Waals surface area contributed by atoms with Gasteiger partial charge in [0.05, 0.1) is 17.6 Å². The zero-order valence-corrected chi connectivity index (χ0v) is 14.4. The summed E-state index contributed by atoms with van der Waals surface area (Å²) in [7, 11) is 0. The fourth-order valence-electron chi connectivity index (χ4n) is 3.66. The maximum absolute atomic E-state index is 4.86. The predicted octanol–water partition coefficient (Wildman–Crippen LogP) is 4.99. The van der Waals surface area contributed by atoms with E-state index in [1.54, 1.807) is 0 Å². The predicted molar refractivity (Wildman–Crippen MR) is 99.3 cm³/mol. The van der Waals surface area contributed by atoms with Crippen molar-refractivity contribution < 1.29 is 0 Å². The number of nitrogens with zero attached hydrogens (tertiary/aromatic N) is 2. The third kappa shape index (κ3) is 2.88. The lowest BCUT2D eigenvalue weighted by atomic mass is 9.95. The van der Waals surface area contributed by atoms with Gasteiger partial charge in [0.2, 0.25) is 0 Å². The van der Waals surface area contributed by atoms with Crippen LogP contribution in [0.15, 0.2) is 30.5 Å². The van der Waals surface area contributed by atoms with Crippen molar-refractivity contribution in [2.75, 3.05) is 5.32 Å². The summed E-state index contributed by atoms with van der Waals surface area (Å²) in [6, 6.07) is 9.05. The first-order chi connectivity index (χ1) is 11.7. The van der Waals surface area contributed by atoms with Crippen LogP contribution in [0.1, 0.15) is 43.4 Å². The van der Waals surface area contributed by atoms with E-state index in [1.807, 2.05) is 13.1 Å². The summed E-state index contributed by atoms with van der Waals surface area (Å²) in [4.78, 5) is 12.9. The van der Waals surface area contributed by atoms with E-state index in [-0.39, 0.29) is 0 Å². The summed E-state index contributed by atoms with van der Waals surface area (Å²) in [5.74, 6) is 0.887. The normalized spacial score (nSPS) is 15.8. The SMILES string of the molecule is Cc1ncc(NC2CCCCC2)nc1-c1cc2c(C)cccc2[nH]1. The van der Waals surface area contributed by atoms with Crippen molar-refractivity contribution in [3.05, 3.63) is 41.7 Å². The quantitative estimate of drug-likeness (QED) is 0.715. The third-order valence-electron chi connectivity index (χ3n) is 5.05. The maximum Gasteiger partial charge on any atom is 0.145 e. The van der Waals surface area contributed by atoms with Crippen molar-refractivity contribution >= 4 is 16.7 Å². The molecular weight excluding hydrogens is 296 g/mol. The van der Waals surface area contributed by atoms with Gasteiger partial charge >= 0.3 is 0 Å². The number of aromatic amines is 1. The lowest BCUT2D eigenvalue weighted by molar-refractivity contribution is 0.462. The standard InChI is InChI=1S/C20H24N4/c1-13-7-6-10-17-16(13)11-18(23-17)20-14(2)21-12-19(24-20)22-15-8-4-3-5-9-15/h6-7,10-12,15,23H,3-5,8-9H2,1-2H3,(H,22,24). The molecule has 0 spiro atoms. The maximum atomic E-state index is 4.86. The molecule has 24 heavy (non-hydrogen) atoms. The van der Waals surface area contributed by atoms with Crippen LogP contribution in [0.4, 0.5) is 5.82 Å². The third-order valence-corrected chi connectivity index (χ3v) is 5.05. The summed E-state index contributed by atoms with van der Waals surface area (Å²) in [5, 5.41) is 4.83. The molecule has 4 rings (SSSR count). The number of hydrogen-bond donors (Lipinski definition) is 2. The number of rotatable bonds is 3. The van der Waals surface area contributed by atoms with Crippen LogP contribution in [0, 0.1) is 13.8 Å². The highest BCUT2D eigenvalue weighted by atomic mass is 15.0. The van der Waals surface area contributed by atoms with E-state index < -0.39 is 0 Å². The first-order valence-electron chi connectivity index (χ1n) is 8.89. The molecule has 2 aromatic heterocycles. The number of benzene rings is 1. The van der Waals surface area contributed by atoms with E-state index in [0.717, 1.165) is 28.4 Å². The van der Waals surface area contributed by atoms with Crippen LogP contribution in [0.5, 0.6) is 0 Å². The number of aromatic nitrogens is 3. The number of H-pyrrole nitrogens is 1. The van der Waals surface area contributed by atoms with Crippen LogP contribution in [0.2, 0.25) is 0 Å². The minimum atomic E-state index is 0.536. The highest BCUT2D eigenvalue weighted by molar-refractivity contribution is 5.88. The van der Waals surface area contributed by atoms with Crippen molar-refractivity contribution in [3.63, 3.8) is 0 Å². The van der Waals surface area contributed by atoms with Crippen LogP contribution in [0.3, 0.4) is 0 Å². The zero-order valence-electron chi connectivity index (χ0n) is 14.4. The van der Waals surface area contributed by atoms with Crippen molar-refractivity contribution in [2.24, 2.45) is 0 Å². The molecule has 3 aromatic rings. The molecule has 4 heteroatoms. The monoisotopic (exact) mass is 320 g/mol. The highest BCUT2D eigenvalue weighted by Crippen LogP contribution is 2.28. The van der Waals surface area contributed by atoms with E-state index in [1.165, 1.54) is 43.1 Å². The Labute approximate surface area is 142 Å². The largest absolute Gasteiger partial charge is 0.366 e. The Morgan fingerprint density at radius 2 is 1.96 bits per heavy atom. The van der Waals surface area contributed by atoms with Crippen molar-refractivity contribution in [1.29, 1.82) is 0 Å². The Balaban J connectivity index is 1.68. The summed E-state index contributed by atoms with van der Waals surface area (Å²) < 4.78 is 0. The molecule has 0 aliphatic heterocycles. The van der Waals surface area contributed by atoms with Gasteiger partial charge in [-0.1, -0.05) is 31.4 Å². The van der Waals surface area contributed by atoms with Gasteiger partial charge in [-0.25, -0.2) is 4.98 Å². The molecular formula is C20H24N4. The summed E-state index contributed by atoms with van der Waals surface area (Å²) in [6.45, 7) is 4.16. The lowest BCUT2D eigenvalue weighted by Gasteiger charge is -2.23. The number of fused-ring (bicyclic) bond motifs is 1. The van der Waals surface area contributed by atoms with Crippen LogP contribution in [-0.4, -0.2) is 21.0 Å². The van der Waals surface area contributed by atoms with Gasteiger partial charge < -0.3 is 10.3 Å². The molecule has 0 radical (unpaired) electrons. The molecule has 0 atom stereocenters. The molecule has 1 saturated carbocycles. The number of aryl methyl sites for hydroxylation is 2. The van der Waals surface area contributed by atoms with E-state index in [0.29, 0.717) is 6.04 Å². The van der Waals surface area contributed by atoms with Crippen molar-refractivity contribution in [2.45, 2.75) is 52.0 Å². The molecule has 2 N–H and O–H groups in total. The van der Waals surface area contributed by atoms with E-state index >= 15 is 0 Å². The van der Waals surface area contributed by atoms with Crippen molar-refractivity contribution in [3.8, 4) is 11.4 Å². The second-order valence-corrected chi connectivity index (χ2v) is 6.89. The first-order valence-corrected chi connectivity index (χ1v) is 8.89. The summed E-state index contributed by atoms with van der Waals surface area (Å²) >= 11 is 0. The fraction of sp³-hybridized carbons (Fsp3) is 0.400. The molecule has 1 aromatic carbocycles. The molecule has 1 aliphatic rings. The lowest BCUT2D eigenvalue weighted by Crippen LogP contribution is -2.23. The molecule has 124 valence electrons. The Hall–Kier alpha value is -2.36. The van der Waals surface area contributed by atoms with Gasteiger partial charge in [0, 0.05) is 16.9 Å². The van der Waals surface area contributed by atoms with Crippen LogP contribution in [0.25, 0.3) is 22.3 Å². The molecule has 0 bridgehead atoms. The second-order valence-electron chi connectivity index (χ2n) is 6.89. The molecule has 2 heterocycles. The number of anilines is 1. The van der Waals surface area contributed by atoms with Gasteiger partial charge in [0.1, 0.15) is 11.5 Å². The van der Waals surface area contributed by atoms with Gasteiger partial charge in [-0.05, 0) is 44.4 Å². The van der Waals surface area contributed by atoms with Gasteiger partial charge in [-0.2, -0.15) is 0 Å². The fourth-order valence-corrected chi connectivity index (χ4v) is 3.66. The Kier molecular flexibility index (Phi) is 3.97. The average Bonchev–Trinajstić information content (AvgIpc) is 3.03. The molecule has 1 aliphatic carbocycles. The minimum absolute atomic E-state index is 0.536. The summed E-state index contributed by atoms with van der Waals surface area (Å²) in [6.07, 6.45) is 8.31. The topological polar surface area (TPSA) is 53.6 Å². The Bertz CT molecular complexity index is 859. The molecule has 0 unspecified atom stereocenters. The van der Waals surface area contributed by atoms with E-state index in [4.69, 9.17) is 4.98 Å². The van der Waals surface area contributed by atoms with Gasteiger partial charge in [0.15, 0.2) is 0 Å². The molecule has 0 amide bonds. The second kappa shape index (κ2) is 6.27. The van der Waals surface area contributed by atoms with Crippen LogP contribution in [-0.2, 0) is 0 Å². The van der Waals surface area contributed by atoms with Crippen molar-refractivity contribution in [1.82, 2.24) is 15.0 Å². The number of hydrogen-bond acceptors (Lipinski definition) is 3. The number of nitrogens with one attached hydrogen (secondary N) is 2. The Morgan fingerprint density at radius 1 is 1.12 bits per heavy atom. The Morgan fingerprint density at radius 3 is 2.75 bits per heavy atom. The van der Waals surface area contributed by atoms with Gasteiger partial charge in [-0.15, -0.1) is 0 Å². The average molecular weight is 320 g/mol. The van der Waals surface area contributed by atoms with Gasteiger partial charge in [0.25, 0.3) is 0 Å². The summed E-state index contributed by atoms with van der Waals surface area (Å²) in [5.41, 5.74) is 5.35. The molecule has 0 saturated heterocycles. The minimum Gasteiger partial charge on any atom is -0.366 e. The van der Waals surface area contributed by atoms with Gasteiger partial charge in [-0.3, -0.25) is 4.98 Å². The van der Waals surface area contributed by atoms with E-state index in [9.17, 15) is 0 Å².